The van der Waals surface area contributed by atoms with E-state index in [1.165, 1.54) is 0 Å². The maximum absolute atomic E-state index is 5.00. The van der Waals surface area contributed by atoms with Gasteiger partial charge in [0.05, 0.1) is 12.7 Å². The van der Waals surface area contributed by atoms with Gasteiger partial charge in [-0.2, -0.15) is 11.8 Å². The molecular formula is C6H10OS. The van der Waals surface area contributed by atoms with E-state index in [2.05, 4.69) is 6.58 Å². The largest absolute Gasteiger partial charge is 0.372 e. The van der Waals surface area contributed by atoms with E-state index in [4.69, 9.17) is 4.74 Å². The van der Waals surface area contributed by atoms with E-state index >= 15 is 0 Å². The maximum atomic E-state index is 5.00. The Morgan fingerprint density at radius 2 is 2.62 bits per heavy atom. The summed E-state index contributed by atoms with van der Waals surface area (Å²) in [4.78, 5) is 0. The second kappa shape index (κ2) is 3.15. The lowest BCUT2D eigenvalue weighted by Gasteiger charge is -1.88. The standard InChI is InChI=1S/C6H10OS/c1-2-3-8-5-6-4-7-6/h2,6H,1,3-5H2/t6-/m0/s1. The van der Waals surface area contributed by atoms with Gasteiger partial charge in [0.2, 0.25) is 0 Å². The number of hydrogen-bond donors (Lipinski definition) is 0. The van der Waals surface area contributed by atoms with Crippen LogP contribution in [-0.4, -0.2) is 24.2 Å². The predicted molar refractivity (Wildman–Crippen MR) is 37.3 cm³/mol. The van der Waals surface area contributed by atoms with Crippen molar-refractivity contribution in [2.24, 2.45) is 0 Å². The molecule has 0 aromatic heterocycles. The first-order valence-corrected chi connectivity index (χ1v) is 3.89. The fraction of sp³-hybridized carbons (Fsp3) is 0.667. The lowest BCUT2D eigenvalue weighted by molar-refractivity contribution is 0.426. The molecule has 1 heterocycles. The monoisotopic (exact) mass is 130 g/mol. The van der Waals surface area contributed by atoms with Gasteiger partial charge < -0.3 is 4.74 Å². The minimum atomic E-state index is 0.569. The lowest BCUT2D eigenvalue weighted by atomic mass is 10.6. The van der Waals surface area contributed by atoms with E-state index in [1.807, 2.05) is 17.8 Å². The molecule has 0 aromatic carbocycles. The summed E-state index contributed by atoms with van der Waals surface area (Å²) < 4.78 is 5.00. The second-order valence-corrected chi connectivity index (χ2v) is 2.86. The van der Waals surface area contributed by atoms with Gasteiger partial charge in [0.15, 0.2) is 0 Å². The van der Waals surface area contributed by atoms with Crippen LogP contribution in [0.2, 0.25) is 0 Å². The minimum absolute atomic E-state index is 0.569. The summed E-state index contributed by atoms with van der Waals surface area (Å²) >= 11 is 1.88. The molecule has 0 unspecified atom stereocenters. The van der Waals surface area contributed by atoms with Crippen LogP contribution in [0, 0.1) is 0 Å². The fourth-order valence-electron chi connectivity index (χ4n) is 0.447. The molecule has 0 aromatic rings. The van der Waals surface area contributed by atoms with Gasteiger partial charge in [-0.05, 0) is 0 Å². The van der Waals surface area contributed by atoms with E-state index < -0.39 is 0 Å². The first kappa shape index (κ1) is 6.17. The van der Waals surface area contributed by atoms with Crippen LogP contribution in [0.25, 0.3) is 0 Å². The number of epoxide rings is 1. The van der Waals surface area contributed by atoms with Crippen molar-refractivity contribution in [2.45, 2.75) is 6.10 Å². The fourth-order valence-corrected chi connectivity index (χ4v) is 1.21. The number of thioether (sulfide) groups is 1. The molecule has 0 aliphatic carbocycles. The van der Waals surface area contributed by atoms with Crippen LogP contribution < -0.4 is 0 Å². The third-order valence-corrected chi connectivity index (χ3v) is 2.02. The Kier molecular flexibility index (Phi) is 2.43. The molecule has 0 N–H and O–H groups in total. The molecule has 46 valence electrons. The highest BCUT2D eigenvalue weighted by Gasteiger charge is 2.21. The zero-order valence-electron chi connectivity index (χ0n) is 4.80. The zero-order chi connectivity index (χ0) is 5.82. The summed E-state index contributed by atoms with van der Waals surface area (Å²) in [6, 6.07) is 0. The minimum Gasteiger partial charge on any atom is -0.372 e. The molecule has 2 heteroatoms. The summed E-state index contributed by atoms with van der Waals surface area (Å²) in [5, 5.41) is 0. The third kappa shape index (κ3) is 2.38. The van der Waals surface area contributed by atoms with E-state index in [9.17, 15) is 0 Å². The highest BCUT2D eigenvalue weighted by molar-refractivity contribution is 7.99. The highest BCUT2D eigenvalue weighted by Crippen LogP contribution is 2.15. The molecule has 0 bridgehead atoms. The molecule has 0 spiro atoms. The van der Waals surface area contributed by atoms with Crippen molar-refractivity contribution in [1.82, 2.24) is 0 Å². The van der Waals surface area contributed by atoms with Crippen molar-refractivity contribution < 1.29 is 4.74 Å². The summed E-state index contributed by atoms with van der Waals surface area (Å²) in [5.74, 6) is 2.20. The van der Waals surface area contributed by atoms with Gasteiger partial charge in [-0.3, -0.25) is 0 Å². The average molecular weight is 130 g/mol. The summed E-state index contributed by atoms with van der Waals surface area (Å²) in [6.07, 6.45) is 2.49. The van der Waals surface area contributed by atoms with Gasteiger partial charge in [0.25, 0.3) is 0 Å². The molecule has 1 fully saturated rings. The number of hydrogen-bond acceptors (Lipinski definition) is 2. The summed E-state index contributed by atoms with van der Waals surface area (Å²) in [6.45, 7) is 4.59. The predicted octanol–water partition coefficient (Wildman–Crippen LogP) is 1.30. The van der Waals surface area contributed by atoms with Crippen molar-refractivity contribution in [3.63, 3.8) is 0 Å². The quantitative estimate of drug-likeness (QED) is 0.323. The van der Waals surface area contributed by atoms with Gasteiger partial charge in [-0.1, -0.05) is 6.08 Å². The molecular weight excluding hydrogens is 120 g/mol. The number of rotatable bonds is 4. The average Bonchev–Trinajstić information content (AvgIpc) is 2.51. The molecule has 8 heavy (non-hydrogen) atoms. The van der Waals surface area contributed by atoms with E-state index in [0.717, 1.165) is 18.1 Å². The number of ether oxygens (including phenoxy) is 1. The molecule has 1 aliphatic rings. The van der Waals surface area contributed by atoms with Gasteiger partial charge in [0.1, 0.15) is 0 Å². The molecule has 1 saturated heterocycles. The van der Waals surface area contributed by atoms with Crippen LogP contribution in [-0.2, 0) is 4.74 Å². The molecule has 1 aliphatic heterocycles. The van der Waals surface area contributed by atoms with Crippen molar-refractivity contribution in [1.29, 1.82) is 0 Å². The highest BCUT2D eigenvalue weighted by atomic mass is 32.2. The maximum Gasteiger partial charge on any atom is 0.0900 e. The van der Waals surface area contributed by atoms with Crippen molar-refractivity contribution in [3.8, 4) is 0 Å². The smallest absolute Gasteiger partial charge is 0.0900 e. The van der Waals surface area contributed by atoms with Gasteiger partial charge in [-0.15, -0.1) is 6.58 Å². The van der Waals surface area contributed by atoms with Crippen LogP contribution in [0.1, 0.15) is 0 Å². The van der Waals surface area contributed by atoms with E-state index in [0.29, 0.717) is 6.10 Å². The molecule has 1 atom stereocenters. The topological polar surface area (TPSA) is 12.5 Å². The molecule has 0 saturated carbocycles. The molecule has 0 amide bonds. The van der Waals surface area contributed by atoms with Crippen LogP contribution in [0.4, 0.5) is 0 Å². The van der Waals surface area contributed by atoms with Gasteiger partial charge in [-0.25, -0.2) is 0 Å². The van der Waals surface area contributed by atoms with Gasteiger partial charge >= 0.3 is 0 Å². The summed E-state index contributed by atoms with van der Waals surface area (Å²) in [5.41, 5.74) is 0. The third-order valence-electron chi connectivity index (χ3n) is 0.942. The Hall–Kier alpha value is 0.0500. The Morgan fingerprint density at radius 1 is 1.88 bits per heavy atom. The van der Waals surface area contributed by atoms with Crippen LogP contribution >= 0.6 is 11.8 Å². The van der Waals surface area contributed by atoms with Crippen LogP contribution in [0.15, 0.2) is 12.7 Å². The molecule has 1 rings (SSSR count). The van der Waals surface area contributed by atoms with Gasteiger partial charge in [0, 0.05) is 11.5 Å². The van der Waals surface area contributed by atoms with E-state index in [1.54, 1.807) is 0 Å². The lowest BCUT2D eigenvalue weighted by Crippen LogP contribution is -1.88. The first-order valence-electron chi connectivity index (χ1n) is 2.73. The molecule has 1 nitrogen and oxygen atoms in total. The van der Waals surface area contributed by atoms with Crippen LogP contribution in [0.3, 0.4) is 0 Å². The molecule has 0 radical (unpaired) electrons. The second-order valence-electron chi connectivity index (χ2n) is 1.78. The van der Waals surface area contributed by atoms with Crippen molar-refractivity contribution >= 4 is 11.8 Å². The Bertz CT molecular complexity index is 78.6. The Balaban J connectivity index is 1.80. The van der Waals surface area contributed by atoms with Crippen LogP contribution in [0.5, 0.6) is 0 Å². The Labute approximate surface area is 54.1 Å². The zero-order valence-corrected chi connectivity index (χ0v) is 5.62. The van der Waals surface area contributed by atoms with E-state index in [-0.39, 0.29) is 0 Å². The Morgan fingerprint density at radius 3 is 3.12 bits per heavy atom. The summed E-state index contributed by atoms with van der Waals surface area (Å²) in [7, 11) is 0. The van der Waals surface area contributed by atoms with Crippen molar-refractivity contribution in [2.75, 3.05) is 18.1 Å². The SMILES string of the molecule is C=CCSC[C@@H]1CO1. The van der Waals surface area contributed by atoms with Crippen molar-refractivity contribution in [3.05, 3.63) is 12.7 Å². The normalized spacial score (nSPS) is 25.2. The first-order chi connectivity index (χ1) is 3.93.